The first-order valence-corrected chi connectivity index (χ1v) is 7.58. The lowest BCUT2D eigenvalue weighted by molar-refractivity contribution is -0.384. The van der Waals surface area contributed by atoms with Crippen LogP contribution in [0.5, 0.6) is 5.75 Å². The van der Waals surface area contributed by atoms with Gasteiger partial charge in [-0.05, 0) is 36.5 Å². The lowest BCUT2D eigenvalue weighted by Gasteiger charge is -2.14. The van der Waals surface area contributed by atoms with Gasteiger partial charge in [0.25, 0.3) is 5.69 Å². The first-order chi connectivity index (χ1) is 11.9. The van der Waals surface area contributed by atoms with Crippen molar-refractivity contribution < 1.29 is 14.5 Å². The van der Waals surface area contributed by atoms with E-state index >= 15 is 0 Å². The molecule has 2 aromatic rings. The number of thiocarbonyl (C=S) groups is 1. The van der Waals surface area contributed by atoms with E-state index < -0.39 is 4.92 Å². The van der Waals surface area contributed by atoms with Crippen molar-refractivity contribution in [1.82, 2.24) is 0 Å². The first kappa shape index (κ1) is 18.1. The summed E-state index contributed by atoms with van der Waals surface area (Å²) in [4.78, 5) is 21.4. The Balaban J connectivity index is 2.10. The number of carbonyl (C=O) groups excluding carboxylic acids is 1. The average molecular weight is 360 g/mol. The molecule has 2 rings (SSSR count). The molecule has 9 heteroatoms. The number of nitro benzene ring substituents is 1. The van der Waals surface area contributed by atoms with Crippen molar-refractivity contribution in [2.24, 2.45) is 0 Å². The molecule has 0 aliphatic heterocycles. The number of benzene rings is 2. The monoisotopic (exact) mass is 360 g/mol. The highest BCUT2D eigenvalue weighted by atomic mass is 32.1. The number of non-ortho nitro benzene ring substituents is 1. The second-order valence-electron chi connectivity index (χ2n) is 4.98. The molecule has 0 aliphatic carbocycles. The first-order valence-electron chi connectivity index (χ1n) is 7.17. The van der Waals surface area contributed by atoms with Gasteiger partial charge in [-0.2, -0.15) is 0 Å². The Labute approximate surface area is 149 Å². The Kier molecular flexibility index (Phi) is 5.85. The maximum Gasteiger partial charge on any atom is 0.273 e. The second kappa shape index (κ2) is 8.06. The quantitative estimate of drug-likeness (QED) is 0.426. The number of anilines is 3. The molecule has 130 valence electrons. The van der Waals surface area contributed by atoms with Crippen molar-refractivity contribution >= 4 is 46.0 Å². The van der Waals surface area contributed by atoms with Gasteiger partial charge in [0.2, 0.25) is 5.91 Å². The number of amides is 1. The van der Waals surface area contributed by atoms with Gasteiger partial charge in [0.1, 0.15) is 5.75 Å². The molecule has 25 heavy (non-hydrogen) atoms. The fraction of sp³-hybridized carbons (Fsp3) is 0.125. The molecule has 8 nitrogen and oxygen atoms in total. The third kappa shape index (κ3) is 5.15. The molecular formula is C16H16N4O4S. The van der Waals surface area contributed by atoms with Crippen LogP contribution in [0.15, 0.2) is 42.5 Å². The number of nitrogens with one attached hydrogen (secondary N) is 3. The van der Waals surface area contributed by atoms with Crippen molar-refractivity contribution in [1.29, 1.82) is 0 Å². The number of ether oxygens (including phenoxy) is 1. The van der Waals surface area contributed by atoms with Crippen LogP contribution >= 0.6 is 12.2 Å². The fourth-order valence-corrected chi connectivity index (χ4v) is 2.29. The smallest absolute Gasteiger partial charge is 0.273 e. The molecule has 0 spiro atoms. The van der Waals surface area contributed by atoms with E-state index in [9.17, 15) is 14.9 Å². The van der Waals surface area contributed by atoms with Crippen molar-refractivity contribution in [2.45, 2.75) is 6.92 Å². The van der Waals surface area contributed by atoms with Crippen molar-refractivity contribution in [3.8, 4) is 5.75 Å². The Bertz CT molecular complexity index is 826. The van der Waals surface area contributed by atoms with Gasteiger partial charge < -0.3 is 20.7 Å². The van der Waals surface area contributed by atoms with Gasteiger partial charge in [0.05, 0.1) is 23.8 Å². The Morgan fingerprint density at radius 3 is 2.40 bits per heavy atom. The van der Waals surface area contributed by atoms with Crippen LogP contribution in [0.4, 0.5) is 22.7 Å². The molecule has 0 bridgehead atoms. The normalized spacial score (nSPS) is 9.84. The van der Waals surface area contributed by atoms with Crippen LogP contribution in [-0.4, -0.2) is 23.1 Å². The molecule has 0 heterocycles. The topological polar surface area (TPSA) is 106 Å². The summed E-state index contributed by atoms with van der Waals surface area (Å²) in [6.07, 6.45) is 0. The molecule has 2 aromatic carbocycles. The Morgan fingerprint density at radius 1 is 1.12 bits per heavy atom. The molecule has 0 saturated heterocycles. The van der Waals surface area contributed by atoms with Crippen LogP contribution in [0.3, 0.4) is 0 Å². The van der Waals surface area contributed by atoms with E-state index in [1.54, 1.807) is 24.3 Å². The zero-order valence-corrected chi connectivity index (χ0v) is 14.3. The second-order valence-corrected chi connectivity index (χ2v) is 5.39. The van der Waals surface area contributed by atoms with Gasteiger partial charge >= 0.3 is 0 Å². The maximum absolute atomic E-state index is 11.1. The molecule has 0 aliphatic rings. The highest BCUT2D eigenvalue weighted by Gasteiger charge is 2.12. The number of rotatable bonds is 5. The predicted octanol–water partition coefficient (Wildman–Crippen LogP) is 3.37. The average Bonchev–Trinajstić information content (AvgIpc) is 2.54. The van der Waals surface area contributed by atoms with Crippen molar-refractivity contribution in [3.05, 3.63) is 52.6 Å². The molecule has 0 radical (unpaired) electrons. The number of carbonyl (C=O) groups is 1. The third-order valence-corrected chi connectivity index (χ3v) is 3.29. The van der Waals surface area contributed by atoms with Crippen molar-refractivity contribution in [2.75, 3.05) is 23.1 Å². The zero-order valence-electron chi connectivity index (χ0n) is 13.5. The summed E-state index contributed by atoms with van der Waals surface area (Å²) < 4.78 is 5.15. The largest absolute Gasteiger partial charge is 0.494 e. The number of nitrogens with zero attached hydrogens (tertiary/aromatic N) is 1. The summed E-state index contributed by atoms with van der Waals surface area (Å²) in [5.74, 6) is 0.124. The van der Waals surface area contributed by atoms with Gasteiger partial charge in [0, 0.05) is 24.4 Å². The summed E-state index contributed by atoms with van der Waals surface area (Å²) in [5, 5.41) is 19.7. The summed E-state index contributed by atoms with van der Waals surface area (Å²) >= 11 is 5.24. The molecule has 3 N–H and O–H groups in total. The molecule has 0 unspecified atom stereocenters. The highest BCUT2D eigenvalue weighted by molar-refractivity contribution is 7.80. The van der Waals surface area contributed by atoms with E-state index in [2.05, 4.69) is 16.0 Å². The predicted molar refractivity (Wildman–Crippen MR) is 100 cm³/mol. The molecular weight excluding hydrogens is 344 g/mol. The molecule has 0 fully saturated rings. The summed E-state index contributed by atoms with van der Waals surface area (Å²) in [5.41, 5.74) is 1.71. The molecule has 0 aromatic heterocycles. The van der Waals surface area contributed by atoms with E-state index in [4.69, 9.17) is 17.0 Å². The third-order valence-electron chi connectivity index (χ3n) is 3.08. The molecule has 0 atom stereocenters. The summed E-state index contributed by atoms with van der Waals surface area (Å²) in [6, 6.07) is 11.2. The summed E-state index contributed by atoms with van der Waals surface area (Å²) in [6.45, 7) is 1.42. The highest BCUT2D eigenvalue weighted by Crippen LogP contribution is 2.29. The molecule has 1 amide bonds. The van der Waals surface area contributed by atoms with Crippen LogP contribution in [0.2, 0.25) is 0 Å². The minimum Gasteiger partial charge on any atom is -0.494 e. The number of nitro groups is 1. The maximum atomic E-state index is 11.1. The van der Waals surface area contributed by atoms with E-state index in [-0.39, 0.29) is 16.7 Å². The van der Waals surface area contributed by atoms with Crippen LogP contribution in [-0.2, 0) is 4.79 Å². The van der Waals surface area contributed by atoms with E-state index in [0.717, 1.165) is 0 Å². The SMILES string of the molecule is COc1cc([N+](=O)[O-])ccc1NC(=S)Nc1cccc(NC(C)=O)c1. The minimum atomic E-state index is -0.504. The van der Waals surface area contributed by atoms with Crippen LogP contribution in [0, 0.1) is 10.1 Å². The lowest BCUT2D eigenvalue weighted by Crippen LogP contribution is -2.19. The fourth-order valence-electron chi connectivity index (χ4n) is 2.06. The van der Waals surface area contributed by atoms with E-state index in [1.807, 2.05) is 0 Å². The van der Waals surface area contributed by atoms with Gasteiger partial charge in [-0.3, -0.25) is 14.9 Å². The van der Waals surface area contributed by atoms with Gasteiger partial charge in [0.15, 0.2) is 5.11 Å². The number of hydrogen-bond acceptors (Lipinski definition) is 5. The van der Waals surface area contributed by atoms with Gasteiger partial charge in [-0.1, -0.05) is 6.07 Å². The van der Waals surface area contributed by atoms with Crippen LogP contribution in [0.1, 0.15) is 6.92 Å². The van der Waals surface area contributed by atoms with Gasteiger partial charge in [-0.25, -0.2) is 0 Å². The van der Waals surface area contributed by atoms with E-state index in [0.29, 0.717) is 22.8 Å². The Hall–Kier alpha value is -3.20. The van der Waals surface area contributed by atoms with Crippen molar-refractivity contribution in [3.63, 3.8) is 0 Å². The van der Waals surface area contributed by atoms with Crippen LogP contribution in [0.25, 0.3) is 0 Å². The van der Waals surface area contributed by atoms with E-state index in [1.165, 1.54) is 32.2 Å². The number of hydrogen-bond donors (Lipinski definition) is 3. The number of methoxy groups -OCH3 is 1. The van der Waals surface area contributed by atoms with Gasteiger partial charge in [-0.15, -0.1) is 0 Å². The molecule has 0 saturated carbocycles. The Morgan fingerprint density at radius 2 is 1.80 bits per heavy atom. The minimum absolute atomic E-state index is 0.0794. The lowest BCUT2D eigenvalue weighted by atomic mass is 10.2. The summed E-state index contributed by atoms with van der Waals surface area (Å²) in [7, 11) is 1.41. The standard InChI is InChI=1S/C16H16N4O4S/c1-10(21)17-11-4-3-5-12(8-11)18-16(25)19-14-7-6-13(20(22)23)9-15(14)24-2/h3-9H,1-2H3,(H,17,21)(H2,18,19,25). The zero-order chi connectivity index (χ0) is 18.4. The van der Waals surface area contributed by atoms with Crippen LogP contribution < -0.4 is 20.7 Å².